The van der Waals surface area contributed by atoms with Crippen molar-refractivity contribution in [3.63, 3.8) is 0 Å². The molecule has 0 aromatic rings. The molecule has 0 bridgehead atoms. The summed E-state index contributed by atoms with van der Waals surface area (Å²) < 4.78 is 94.2. The van der Waals surface area contributed by atoms with Crippen LogP contribution in [0.5, 0.6) is 0 Å². The summed E-state index contributed by atoms with van der Waals surface area (Å²) in [5.41, 5.74) is 0. The molecule has 33 heteroatoms. The molecule has 0 heterocycles. The minimum absolute atomic E-state index is 1.47. The fourth-order valence-electron chi connectivity index (χ4n) is 3.21. The molecule has 0 saturated carbocycles. The van der Waals surface area contributed by atoms with Crippen LogP contribution >= 0.6 is 61.1 Å². The average molecular weight is 755 g/mol. The second-order valence-corrected chi connectivity index (χ2v) is 23.9. The predicted molar refractivity (Wildman–Crippen MR) is 126 cm³/mol. The molecule has 25 nitrogen and oxygen atoms in total. The van der Waals surface area contributed by atoms with Crippen molar-refractivity contribution in [2.45, 2.75) is 34.5 Å². The Kier molecular flexibility index (Phi) is 12.5. The molecular formula is C7H25NO24P8. The van der Waals surface area contributed by atoms with E-state index in [2.05, 4.69) is 0 Å². The zero-order valence-corrected chi connectivity index (χ0v) is 26.0. The summed E-state index contributed by atoms with van der Waals surface area (Å²) in [7, 11) is -52.7. The molecule has 0 aliphatic rings. The Morgan fingerprint density at radius 3 is 0.900 bits per heavy atom. The van der Waals surface area contributed by atoms with Gasteiger partial charge >= 0.3 is 61.1 Å². The Labute approximate surface area is 221 Å². The topological polar surface area (TPSA) is 463 Å². The third-order valence-electron chi connectivity index (χ3n) is 5.38. The minimum Gasteiger partial charge on any atom is -0.324 e. The Morgan fingerprint density at radius 1 is 0.450 bits per heavy atom. The largest absolute Gasteiger partial charge is 0.412 e. The SMILES string of the molecule is O=P(O)(O)C(CC(CCC(CN(P(=O)(O)O)P(=O)(O)O)(P(=O)(O)O)P(=O)(O)O)(P(=O)(O)O)P(=O)(O)O)P(=O)(O)O. The van der Waals surface area contributed by atoms with Crippen molar-refractivity contribution >= 4 is 61.1 Å². The van der Waals surface area contributed by atoms with Crippen LogP contribution < -0.4 is 0 Å². The Morgan fingerprint density at radius 2 is 0.700 bits per heavy atom. The lowest BCUT2D eigenvalue weighted by molar-refractivity contribution is 0.235. The van der Waals surface area contributed by atoms with Crippen molar-refractivity contribution in [3.05, 3.63) is 0 Å². The zero-order chi connectivity index (χ0) is 33.0. The van der Waals surface area contributed by atoms with Gasteiger partial charge < -0.3 is 78.3 Å². The molecule has 0 amide bonds. The highest BCUT2D eigenvalue weighted by Crippen LogP contribution is 2.80. The molecule has 0 saturated heterocycles. The van der Waals surface area contributed by atoms with Gasteiger partial charge in [0.1, 0.15) is 0 Å². The summed E-state index contributed by atoms with van der Waals surface area (Å²) in [6.07, 6.45) is -7.52. The van der Waals surface area contributed by atoms with E-state index >= 15 is 0 Å². The predicted octanol–water partition coefficient (Wildman–Crippen LogP) is -2.57. The van der Waals surface area contributed by atoms with Crippen LogP contribution in [0.25, 0.3) is 0 Å². The van der Waals surface area contributed by atoms with Crippen LogP contribution in [0.1, 0.15) is 19.3 Å². The van der Waals surface area contributed by atoms with Gasteiger partial charge in [-0.25, -0.2) is 9.13 Å². The molecule has 0 aliphatic carbocycles. The summed E-state index contributed by atoms with van der Waals surface area (Å²) in [6, 6.07) is 0. The smallest absolute Gasteiger partial charge is 0.324 e. The normalized spacial score (nSPS) is 16.1. The molecule has 0 rings (SSSR count). The Balaban J connectivity index is 7.73. The van der Waals surface area contributed by atoms with Gasteiger partial charge in [-0.3, -0.25) is 27.4 Å². The molecule has 16 N–H and O–H groups in total. The van der Waals surface area contributed by atoms with E-state index in [1.165, 1.54) is 0 Å². The van der Waals surface area contributed by atoms with E-state index in [-0.39, 0.29) is 0 Å². The van der Waals surface area contributed by atoms with E-state index in [9.17, 15) is 115 Å². The van der Waals surface area contributed by atoms with Crippen molar-refractivity contribution in [2.75, 3.05) is 6.54 Å². The number of hydrogen-bond donors (Lipinski definition) is 16. The molecule has 0 spiro atoms. The van der Waals surface area contributed by atoms with Crippen molar-refractivity contribution < 1.29 is 115 Å². The summed E-state index contributed by atoms with van der Waals surface area (Å²) in [5.74, 6) is 0. The van der Waals surface area contributed by atoms with E-state index in [0.29, 0.717) is 0 Å². The van der Waals surface area contributed by atoms with Crippen molar-refractivity contribution in [2.24, 2.45) is 0 Å². The molecular weight excluding hydrogens is 730 g/mol. The van der Waals surface area contributed by atoms with Gasteiger partial charge in [0.15, 0.2) is 15.2 Å². The molecule has 0 aromatic heterocycles. The van der Waals surface area contributed by atoms with Gasteiger partial charge in [-0.15, -0.1) is 4.44 Å². The molecule has 0 radical (unpaired) electrons. The maximum atomic E-state index is 12.3. The first-order valence-electron chi connectivity index (χ1n) is 9.11. The van der Waals surface area contributed by atoms with Crippen LogP contribution in [-0.4, -0.2) is 104 Å². The molecule has 0 unspecified atom stereocenters. The molecule has 242 valence electrons. The van der Waals surface area contributed by atoms with Gasteiger partial charge in [-0.2, -0.15) is 0 Å². The maximum absolute atomic E-state index is 12.3. The molecule has 40 heavy (non-hydrogen) atoms. The summed E-state index contributed by atoms with van der Waals surface area (Å²) in [6.45, 7) is -2.76. The van der Waals surface area contributed by atoms with Crippen molar-refractivity contribution in [3.8, 4) is 0 Å². The number of hydrogen-bond acceptors (Lipinski definition) is 8. The van der Waals surface area contributed by atoms with E-state index in [1.807, 2.05) is 0 Å². The average Bonchev–Trinajstić information content (AvgIpc) is 2.54. The number of rotatable bonds is 15. The Hall–Kier alpha value is 1.16. The molecule has 0 aromatic carbocycles. The highest BCUT2D eigenvalue weighted by atomic mass is 31.3. The lowest BCUT2D eigenvalue weighted by Crippen LogP contribution is -2.43. The van der Waals surface area contributed by atoms with Crippen LogP contribution in [-0.2, 0) is 36.5 Å². The quantitative estimate of drug-likeness (QED) is 0.0764. The maximum Gasteiger partial charge on any atom is 0.412 e. The lowest BCUT2D eigenvalue weighted by Gasteiger charge is -2.42. The fraction of sp³-hybridized carbons (Fsp3) is 1.00. The summed E-state index contributed by atoms with van der Waals surface area (Å²) >= 11 is 0. The van der Waals surface area contributed by atoms with Gasteiger partial charge in [0, 0.05) is 13.0 Å². The van der Waals surface area contributed by atoms with Gasteiger partial charge in [0.05, 0.1) is 0 Å². The zero-order valence-electron chi connectivity index (χ0n) is 18.9. The number of nitrogens with zero attached hydrogens (tertiary/aromatic N) is 1. The Bertz CT molecular complexity index is 1130. The lowest BCUT2D eigenvalue weighted by atomic mass is 10.1. The third-order valence-corrected chi connectivity index (χ3v) is 21.0. The molecule has 0 aliphatic heterocycles. The first-order valence-corrected chi connectivity index (χ1v) is 22.1. The van der Waals surface area contributed by atoms with Crippen molar-refractivity contribution in [1.29, 1.82) is 0 Å². The van der Waals surface area contributed by atoms with Crippen LogP contribution in [0.2, 0.25) is 0 Å². The second-order valence-electron chi connectivity index (χ2n) is 8.06. The van der Waals surface area contributed by atoms with Crippen LogP contribution in [0.3, 0.4) is 0 Å². The van der Waals surface area contributed by atoms with E-state index in [4.69, 9.17) is 0 Å². The third kappa shape index (κ3) is 9.33. The van der Waals surface area contributed by atoms with Gasteiger partial charge in [-0.05, 0) is 12.8 Å². The van der Waals surface area contributed by atoms with Gasteiger partial charge in [0.2, 0.25) is 0 Å². The van der Waals surface area contributed by atoms with Gasteiger partial charge in [-0.1, -0.05) is 0 Å². The van der Waals surface area contributed by atoms with Crippen molar-refractivity contribution in [1.82, 2.24) is 4.44 Å². The first-order chi connectivity index (χ1) is 16.9. The summed E-state index contributed by atoms with van der Waals surface area (Å²) in [4.78, 5) is 143. The van der Waals surface area contributed by atoms with Crippen LogP contribution in [0, 0.1) is 0 Å². The second kappa shape index (κ2) is 12.2. The standard InChI is InChI=1S/C7H25NO24P8/c9-33(10,11)5(34(12,13)14)3-6(35(15,16)17,36(18,19)20)1-2-7(37(21,22)23,38(24,25)26)4-8(39(27,28)29)40(30,31)32/h5H,1-4H2,(H2,9,10,11)(H2,12,13,14)(H2,15,16,17)(H2,18,19,20)(H2,21,22,23)(H2,24,25,26)(H2,27,28,29)(H2,30,31,32). The van der Waals surface area contributed by atoms with E-state index in [1.54, 1.807) is 0 Å². The summed E-state index contributed by atoms with van der Waals surface area (Å²) in [5, 5.41) is -3.67. The monoisotopic (exact) mass is 755 g/mol. The highest BCUT2D eigenvalue weighted by Gasteiger charge is 2.69. The van der Waals surface area contributed by atoms with Crippen LogP contribution in [0.4, 0.5) is 0 Å². The molecule has 0 atom stereocenters. The van der Waals surface area contributed by atoms with Crippen LogP contribution in [0.15, 0.2) is 0 Å². The molecule has 0 fully saturated rings. The fourth-order valence-corrected chi connectivity index (χ4v) is 14.8. The van der Waals surface area contributed by atoms with E-state index < -0.39 is 107 Å². The van der Waals surface area contributed by atoms with Gasteiger partial charge in [0.25, 0.3) is 0 Å². The highest BCUT2D eigenvalue weighted by molar-refractivity contribution is 7.74. The first kappa shape index (κ1) is 41.2. The van der Waals surface area contributed by atoms with E-state index in [0.717, 1.165) is 0 Å². The minimum atomic E-state index is -6.82.